The first-order valence-electron chi connectivity index (χ1n) is 6.87. The highest BCUT2D eigenvalue weighted by molar-refractivity contribution is 9.10. The fraction of sp³-hybridized carbons (Fsp3) is 0.625. The summed E-state index contributed by atoms with van der Waals surface area (Å²) >= 11 is 3.63. The van der Waals surface area contributed by atoms with Crippen LogP contribution in [-0.4, -0.2) is 20.2 Å². The molecule has 0 atom stereocenters. The van der Waals surface area contributed by atoms with Crippen LogP contribution in [0, 0.1) is 11.3 Å². The fourth-order valence-corrected chi connectivity index (χ4v) is 2.48. The highest BCUT2D eigenvalue weighted by Gasteiger charge is 2.20. The van der Waals surface area contributed by atoms with Crippen molar-refractivity contribution in [1.82, 2.24) is 5.32 Å². The lowest BCUT2D eigenvalue weighted by Gasteiger charge is -2.26. The van der Waals surface area contributed by atoms with E-state index in [1.54, 1.807) is 7.11 Å². The molecule has 2 nitrogen and oxygen atoms in total. The van der Waals surface area contributed by atoms with E-state index >= 15 is 0 Å². The van der Waals surface area contributed by atoms with Crippen molar-refractivity contribution in [2.45, 2.75) is 34.1 Å². The summed E-state index contributed by atoms with van der Waals surface area (Å²) in [4.78, 5) is 0. The second kappa shape index (κ2) is 7.30. The van der Waals surface area contributed by atoms with Gasteiger partial charge in [0.1, 0.15) is 5.75 Å². The normalized spacial score (nSPS) is 11.9. The first-order chi connectivity index (χ1) is 8.84. The average molecular weight is 328 g/mol. The van der Waals surface area contributed by atoms with Gasteiger partial charge in [-0.3, -0.25) is 0 Å². The zero-order chi connectivity index (χ0) is 14.5. The lowest BCUT2D eigenvalue weighted by Crippen LogP contribution is -2.33. The molecule has 0 aliphatic heterocycles. The number of rotatable bonds is 7. The second-order valence-electron chi connectivity index (χ2n) is 6.32. The molecule has 0 aliphatic carbocycles. The molecule has 0 aromatic heterocycles. The molecule has 0 saturated heterocycles. The maximum atomic E-state index is 5.30. The molecule has 0 radical (unpaired) electrons. The minimum Gasteiger partial charge on any atom is -0.497 e. The Bertz CT molecular complexity index is 402. The van der Waals surface area contributed by atoms with Gasteiger partial charge in [0.2, 0.25) is 0 Å². The largest absolute Gasteiger partial charge is 0.497 e. The van der Waals surface area contributed by atoms with E-state index in [2.05, 4.69) is 61.1 Å². The first-order valence-corrected chi connectivity index (χ1v) is 7.66. The topological polar surface area (TPSA) is 21.3 Å². The molecule has 0 heterocycles. The first kappa shape index (κ1) is 16.5. The van der Waals surface area contributed by atoms with Gasteiger partial charge in [0.05, 0.1) is 7.11 Å². The number of hydrogen-bond donors (Lipinski definition) is 1. The van der Waals surface area contributed by atoms with E-state index < -0.39 is 0 Å². The molecule has 19 heavy (non-hydrogen) atoms. The van der Waals surface area contributed by atoms with Crippen LogP contribution in [0.4, 0.5) is 0 Å². The van der Waals surface area contributed by atoms with Crippen molar-refractivity contribution in [3.8, 4) is 5.75 Å². The molecule has 108 valence electrons. The van der Waals surface area contributed by atoms with Crippen LogP contribution < -0.4 is 10.1 Å². The van der Waals surface area contributed by atoms with Gasteiger partial charge >= 0.3 is 0 Å². The van der Waals surface area contributed by atoms with Gasteiger partial charge in [-0.25, -0.2) is 0 Å². The summed E-state index contributed by atoms with van der Waals surface area (Å²) in [6.45, 7) is 11.2. The standard InChI is InChI=1S/C16H26BrNO/c1-12(2)10-18-11-16(3,4)9-13-8-14(19-5)6-7-15(13)17/h6-8,12,18H,9-11H2,1-5H3. The third kappa shape index (κ3) is 5.96. The second-order valence-corrected chi connectivity index (χ2v) is 7.18. The molecule has 0 spiro atoms. The van der Waals surface area contributed by atoms with Crippen molar-refractivity contribution in [2.75, 3.05) is 20.2 Å². The van der Waals surface area contributed by atoms with Gasteiger partial charge in [-0.05, 0) is 48.1 Å². The van der Waals surface area contributed by atoms with E-state index in [0.29, 0.717) is 5.92 Å². The van der Waals surface area contributed by atoms with E-state index in [4.69, 9.17) is 4.74 Å². The quantitative estimate of drug-likeness (QED) is 0.807. The van der Waals surface area contributed by atoms with Crippen molar-refractivity contribution in [1.29, 1.82) is 0 Å². The number of ether oxygens (including phenoxy) is 1. The third-order valence-electron chi connectivity index (χ3n) is 3.08. The molecule has 0 aliphatic rings. The molecule has 1 N–H and O–H groups in total. The SMILES string of the molecule is COc1ccc(Br)c(CC(C)(C)CNCC(C)C)c1. The minimum atomic E-state index is 0.226. The van der Waals surface area contributed by atoms with Crippen LogP contribution in [0.15, 0.2) is 22.7 Å². The number of nitrogens with one attached hydrogen (secondary N) is 1. The molecular weight excluding hydrogens is 302 g/mol. The van der Waals surface area contributed by atoms with E-state index in [1.807, 2.05) is 6.07 Å². The summed E-state index contributed by atoms with van der Waals surface area (Å²) in [5, 5.41) is 3.55. The number of halogens is 1. The average Bonchev–Trinajstić information content (AvgIpc) is 2.31. The van der Waals surface area contributed by atoms with Gasteiger partial charge in [0, 0.05) is 11.0 Å². The van der Waals surface area contributed by atoms with Crippen LogP contribution in [-0.2, 0) is 6.42 Å². The van der Waals surface area contributed by atoms with E-state index in [-0.39, 0.29) is 5.41 Å². The van der Waals surface area contributed by atoms with E-state index in [1.165, 1.54) is 5.56 Å². The van der Waals surface area contributed by atoms with E-state index in [9.17, 15) is 0 Å². The summed E-state index contributed by atoms with van der Waals surface area (Å²) in [5.41, 5.74) is 1.53. The van der Waals surface area contributed by atoms with Crippen LogP contribution in [0.3, 0.4) is 0 Å². The molecule has 1 aromatic rings. The Morgan fingerprint density at radius 3 is 2.58 bits per heavy atom. The van der Waals surface area contributed by atoms with Crippen LogP contribution >= 0.6 is 15.9 Å². The Hall–Kier alpha value is -0.540. The van der Waals surface area contributed by atoms with Crippen molar-refractivity contribution >= 4 is 15.9 Å². The summed E-state index contributed by atoms with van der Waals surface area (Å²) < 4.78 is 6.46. The van der Waals surface area contributed by atoms with Gasteiger partial charge in [0.25, 0.3) is 0 Å². The van der Waals surface area contributed by atoms with Crippen molar-refractivity contribution in [3.05, 3.63) is 28.2 Å². The molecule has 0 fully saturated rings. The van der Waals surface area contributed by atoms with Gasteiger partial charge in [0.15, 0.2) is 0 Å². The molecular formula is C16H26BrNO. The molecule has 0 unspecified atom stereocenters. The lowest BCUT2D eigenvalue weighted by atomic mass is 9.85. The maximum absolute atomic E-state index is 5.30. The zero-order valence-corrected chi connectivity index (χ0v) is 14.3. The van der Waals surface area contributed by atoms with Crippen molar-refractivity contribution in [3.63, 3.8) is 0 Å². The monoisotopic (exact) mass is 327 g/mol. The Balaban J connectivity index is 2.66. The summed E-state index contributed by atoms with van der Waals surface area (Å²) in [6, 6.07) is 6.16. The Morgan fingerprint density at radius 1 is 1.32 bits per heavy atom. The predicted molar refractivity (Wildman–Crippen MR) is 85.9 cm³/mol. The molecule has 0 bridgehead atoms. The van der Waals surface area contributed by atoms with Crippen molar-refractivity contribution < 1.29 is 4.74 Å². The van der Waals surface area contributed by atoms with Gasteiger partial charge in [-0.1, -0.05) is 43.6 Å². The number of methoxy groups -OCH3 is 1. The molecule has 1 aromatic carbocycles. The predicted octanol–water partition coefficient (Wildman–Crippen LogP) is 4.27. The Kier molecular flexibility index (Phi) is 6.34. The lowest BCUT2D eigenvalue weighted by molar-refractivity contribution is 0.329. The molecule has 0 saturated carbocycles. The van der Waals surface area contributed by atoms with Crippen LogP contribution in [0.5, 0.6) is 5.75 Å². The summed E-state index contributed by atoms with van der Waals surface area (Å²) in [5.74, 6) is 1.61. The van der Waals surface area contributed by atoms with Crippen LogP contribution in [0.25, 0.3) is 0 Å². The van der Waals surface area contributed by atoms with Gasteiger partial charge in [-0.2, -0.15) is 0 Å². The zero-order valence-electron chi connectivity index (χ0n) is 12.7. The van der Waals surface area contributed by atoms with Crippen LogP contribution in [0.1, 0.15) is 33.3 Å². The Labute approximate surface area is 126 Å². The van der Waals surface area contributed by atoms with Crippen LogP contribution in [0.2, 0.25) is 0 Å². The Morgan fingerprint density at radius 2 is 2.00 bits per heavy atom. The van der Waals surface area contributed by atoms with Gasteiger partial charge < -0.3 is 10.1 Å². The fourth-order valence-electron chi connectivity index (χ4n) is 2.09. The number of hydrogen-bond acceptors (Lipinski definition) is 2. The highest BCUT2D eigenvalue weighted by Crippen LogP contribution is 2.29. The summed E-state index contributed by atoms with van der Waals surface area (Å²) in [7, 11) is 1.71. The highest BCUT2D eigenvalue weighted by atomic mass is 79.9. The number of benzene rings is 1. The van der Waals surface area contributed by atoms with E-state index in [0.717, 1.165) is 29.7 Å². The molecule has 1 rings (SSSR count). The maximum Gasteiger partial charge on any atom is 0.119 e. The van der Waals surface area contributed by atoms with Crippen molar-refractivity contribution in [2.24, 2.45) is 11.3 Å². The summed E-state index contributed by atoms with van der Waals surface area (Å²) in [6.07, 6.45) is 1.02. The molecule has 3 heteroatoms. The molecule has 0 amide bonds. The minimum absolute atomic E-state index is 0.226. The third-order valence-corrected chi connectivity index (χ3v) is 3.85. The smallest absolute Gasteiger partial charge is 0.119 e. The van der Waals surface area contributed by atoms with Gasteiger partial charge in [-0.15, -0.1) is 0 Å².